The number of likely N-dealkylation sites (N-methyl/N-ethyl adjacent to an activating group) is 1. The van der Waals surface area contributed by atoms with E-state index in [1.165, 1.54) is 22.0 Å². The fourth-order valence-corrected chi connectivity index (χ4v) is 4.09. The second-order valence-electron chi connectivity index (χ2n) is 8.15. The number of amides is 1. The number of benzene rings is 1. The van der Waals surface area contributed by atoms with Crippen LogP contribution >= 0.6 is 0 Å². The minimum atomic E-state index is -0.281. The van der Waals surface area contributed by atoms with Crippen LogP contribution in [0.5, 0.6) is 0 Å². The number of rotatable bonds is 4. The first-order valence-electron chi connectivity index (χ1n) is 9.71. The summed E-state index contributed by atoms with van der Waals surface area (Å²) in [5, 5.41) is 14.1. The molecule has 1 aliphatic rings. The number of nitrogens with one attached hydrogen (secondary N) is 1. The molecular weight excluding hydrogens is 338 g/mol. The van der Waals surface area contributed by atoms with E-state index in [1.54, 1.807) is 0 Å². The molecule has 2 N–H and O–H groups in total. The molecule has 0 fully saturated rings. The third-order valence-corrected chi connectivity index (χ3v) is 5.39. The van der Waals surface area contributed by atoms with E-state index in [-0.39, 0.29) is 30.5 Å². The van der Waals surface area contributed by atoms with Gasteiger partial charge in [-0.25, -0.2) is 0 Å². The highest BCUT2D eigenvalue weighted by molar-refractivity contribution is 5.98. The Hall–Kier alpha value is -2.27. The van der Waals surface area contributed by atoms with Crippen molar-refractivity contribution in [3.63, 3.8) is 0 Å². The first-order valence-corrected chi connectivity index (χ1v) is 9.71. The van der Waals surface area contributed by atoms with Crippen LogP contribution in [-0.4, -0.2) is 41.3 Å². The lowest BCUT2D eigenvalue weighted by molar-refractivity contribution is -0.124. The Morgan fingerprint density at radius 1 is 1.37 bits per heavy atom. The molecule has 2 unspecified atom stereocenters. The SMILES string of the molecule is CC(C)=CCn1cc2c3c(cccc31)N(C)C(C(C)C)C(=O)NC(CO)C2. The van der Waals surface area contributed by atoms with Gasteiger partial charge >= 0.3 is 0 Å². The number of carbonyl (C=O) groups excluding carboxylic acids is 1. The summed E-state index contributed by atoms with van der Waals surface area (Å²) < 4.78 is 2.26. The lowest BCUT2D eigenvalue weighted by Crippen LogP contribution is -2.52. The Morgan fingerprint density at radius 2 is 2.11 bits per heavy atom. The van der Waals surface area contributed by atoms with E-state index in [0.717, 1.165) is 12.2 Å². The summed E-state index contributed by atoms with van der Waals surface area (Å²) in [6, 6.07) is 5.74. The zero-order valence-electron chi connectivity index (χ0n) is 17.0. The van der Waals surface area contributed by atoms with Gasteiger partial charge in [0.1, 0.15) is 6.04 Å². The van der Waals surface area contributed by atoms with Crippen molar-refractivity contribution in [3.8, 4) is 0 Å². The monoisotopic (exact) mass is 369 g/mol. The standard InChI is InChI=1S/C22H31N3O2/c1-14(2)9-10-25-12-16-11-17(13-26)23-22(27)21(15(3)4)24(5)18-7-6-8-19(25)20(16)18/h6-9,12,15,17,21,26H,10-11,13H2,1-5H3,(H,23,27). The van der Waals surface area contributed by atoms with Crippen molar-refractivity contribution < 1.29 is 9.90 Å². The smallest absolute Gasteiger partial charge is 0.243 e. The molecule has 2 atom stereocenters. The zero-order chi connectivity index (χ0) is 19.7. The van der Waals surface area contributed by atoms with E-state index in [9.17, 15) is 9.90 Å². The van der Waals surface area contributed by atoms with Crippen LogP contribution in [0.15, 0.2) is 36.0 Å². The third kappa shape index (κ3) is 3.74. The van der Waals surface area contributed by atoms with Crippen LogP contribution in [0.4, 0.5) is 5.69 Å². The van der Waals surface area contributed by atoms with Gasteiger partial charge in [0.05, 0.1) is 18.2 Å². The summed E-state index contributed by atoms with van der Waals surface area (Å²) in [6.45, 7) is 9.09. The molecule has 1 aromatic carbocycles. The molecule has 146 valence electrons. The summed E-state index contributed by atoms with van der Waals surface area (Å²) in [5.74, 6) is 0.130. The maximum Gasteiger partial charge on any atom is 0.243 e. The summed E-state index contributed by atoms with van der Waals surface area (Å²) in [6.07, 6.45) is 5.01. The van der Waals surface area contributed by atoms with Gasteiger partial charge in [-0.1, -0.05) is 31.6 Å². The molecule has 5 nitrogen and oxygen atoms in total. The second-order valence-corrected chi connectivity index (χ2v) is 8.15. The van der Waals surface area contributed by atoms with Crippen LogP contribution in [0.2, 0.25) is 0 Å². The fourth-order valence-electron chi connectivity index (χ4n) is 4.09. The number of hydrogen-bond acceptors (Lipinski definition) is 3. The number of hydrogen-bond donors (Lipinski definition) is 2. The lowest BCUT2D eigenvalue weighted by Gasteiger charge is -2.32. The molecule has 5 heteroatoms. The van der Waals surface area contributed by atoms with Crippen molar-refractivity contribution in [2.75, 3.05) is 18.6 Å². The third-order valence-electron chi connectivity index (χ3n) is 5.39. The Kier molecular flexibility index (Phi) is 5.61. The van der Waals surface area contributed by atoms with Crippen LogP contribution in [0.3, 0.4) is 0 Å². The van der Waals surface area contributed by atoms with E-state index in [1.807, 2.05) is 7.05 Å². The minimum absolute atomic E-state index is 0.0221. The quantitative estimate of drug-likeness (QED) is 0.814. The normalized spacial score (nSPS) is 20.3. The van der Waals surface area contributed by atoms with Crippen molar-refractivity contribution in [1.82, 2.24) is 9.88 Å². The molecule has 1 aromatic heterocycles. The topological polar surface area (TPSA) is 57.5 Å². The predicted molar refractivity (Wildman–Crippen MR) is 111 cm³/mol. The first kappa shape index (κ1) is 19.5. The number of aliphatic hydroxyl groups excluding tert-OH is 1. The number of aliphatic hydroxyl groups is 1. The molecule has 2 aromatic rings. The van der Waals surface area contributed by atoms with Crippen molar-refractivity contribution in [3.05, 3.63) is 41.6 Å². The van der Waals surface area contributed by atoms with Gasteiger partial charge in [0, 0.05) is 30.9 Å². The van der Waals surface area contributed by atoms with E-state index in [0.29, 0.717) is 6.42 Å². The molecule has 0 bridgehead atoms. The molecule has 0 radical (unpaired) electrons. The number of allylic oxidation sites excluding steroid dienone is 2. The van der Waals surface area contributed by atoms with Gasteiger partial charge in [-0.05, 0) is 43.9 Å². The van der Waals surface area contributed by atoms with Crippen LogP contribution in [0, 0.1) is 5.92 Å². The summed E-state index contributed by atoms with van der Waals surface area (Å²) in [7, 11) is 2.00. The Morgan fingerprint density at radius 3 is 2.74 bits per heavy atom. The van der Waals surface area contributed by atoms with E-state index < -0.39 is 0 Å². The minimum Gasteiger partial charge on any atom is -0.394 e. The largest absolute Gasteiger partial charge is 0.394 e. The molecule has 0 spiro atoms. The van der Waals surface area contributed by atoms with Gasteiger partial charge in [-0.3, -0.25) is 4.79 Å². The number of nitrogens with zero attached hydrogens (tertiary/aromatic N) is 2. The molecule has 3 rings (SSSR count). The first-order chi connectivity index (χ1) is 12.8. The van der Waals surface area contributed by atoms with Crippen LogP contribution in [0.25, 0.3) is 10.9 Å². The van der Waals surface area contributed by atoms with Gasteiger partial charge in [0.25, 0.3) is 0 Å². The second kappa shape index (κ2) is 7.77. The molecule has 2 heterocycles. The average Bonchev–Trinajstić information content (AvgIpc) is 2.97. The van der Waals surface area contributed by atoms with Gasteiger partial charge in [0.2, 0.25) is 5.91 Å². The molecule has 27 heavy (non-hydrogen) atoms. The van der Waals surface area contributed by atoms with E-state index in [4.69, 9.17) is 0 Å². The number of carbonyl (C=O) groups is 1. The number of anilines is 1. The fraction of sp³-hybridized carbons (Fsp3) is 0.500. The van der Waals surface area contributed by atoms with Gasteiger partial charge in [-0.2, -0.15) is 0 Å². The summed E-state index contributed by atoms with van der Waals surface area (Å²) >= 11 is 0. The predicted octanol–water partition coefficient (Wildman–Crippen LogP) is 3.10. The van der Waals surface area contributed by atoms with Gasteiger partial charge < -0.3 is 19.9 Å². The Labute approximate surface area is 161 Å². The van der Waals surface area contributed by atoms with Gasteiger partial charge in [-0.15, -0.1) is 0 Å². The van der Waals surface area contributed by atoms with E-state index >= 15 is 0 Å². The Balaban J connectivity index is 2.22. The maximum atomic E-state index is 12.9. The highest BCUT2D eigenvalue weighted by Gasteiger charge is 2.32. The lowest BCUT2D eigenvalue weighted by atomic mass is 10.0. The molecule has 0 saturated heterocycles. The maximum absolute atomic E-state index is 12.9. The Bertz CT molecular complexity index is 862. The molecular formula is C22H31N3O2. The molecule has 0 aliphatic carbocycles. The van der Waals surface area contributed by atoms with E-state index in [2.05, 4.69) is 73.0 Å². The molecule has 1 amide bonds. The zero-order valence-corrected chi connectivity index (χ0v) is 17.0. The molecule has 1 aliphatic heterocycles. The number of aromatic nitrogens is 1. The summed E-state index contributed by atoms with van der Waals surface area (Å²) in [4.78, 5) is 15.0. The molecule has 0 saturated carbocycles. The van der Waals surface area contributed by atoms with Crippen LogP contribution in [0.1, 0.15) is 33.3 Å². The van der Waals surface area contributed by atoms with Crippen LogP contribution < -0.4 is 10.2 Å². The van der Waals surface area contributed by atoms with Crippen molar-refractivity contribution in [1.29, 1.82) is 0 Å². The average molecular weight is 370 g/mol. The highest BCUT2D eigenvalue weighted by Crippen LogP contribution is 2.34. The van der Waals surface area contributed by atoms with Crippen molar-refractivity contribution in [2.24, 2.45) is 5.92 Å². The van der Waals surface area contributed by atoms with Crippen molar-refractivity contribution >= 4 is 22.5 Å². The highest BCUT2D eigenvalue weighted by atomic mass is 16.3. The van der Waals surface area contributed by atoms with Crippen LogP contribution in [-0.2, 0) is 17.8 Å². The van der Waals surface area contributed by atoms with Crippen molar-refractivity contribution in [2.45, 2.75) is 52.7 Å². The van der Waals surface area contributed by atoms with Gasteiger partial charge in [0.15, 0.2) is 0 Å². The summed E-state index contributed by atoms with van der Waals surface area (Å²) in [5.41, 5.74) is 4.69.